The second-order valence-electron chi connectivity index (χ2n) is 10.1. The lowest BCUT2D eigenvalue weighted by atomic mass is 9.83. The predicted octanol–water partition coefficient (Wildman–Crippen LogP) is 4.81. The Morgan fingerprint density at radius 3 is 2.40 bits per heavy atom. The van der Waals surface area contributed by atoms with Crippen LogP contribution in [-0.2, 0) is 0 Å². The van der Waals surface area contributed by atoms with Crippen molar-refractivity contribution in [3.05, 3.63) is 59.2 Å². The first-order valence-corrected chi connectivity index (χ1v) is 11.7. The van der Waals surface area contributed by atoms with Crippen LogP contribution >= 0.6 is 0 Å². The van der Waals surface area contributed by atoms with Gasteiger partial charge in [0.2, 0.25) is 0 Å². The number of ether oxygens (including phenoxy) is 1. The molecule has 0 radical (unpaired) electrons. The molecular formula is C26H28N2O2. The number of hydrogen-bond donors (Lipinski definition) is 1. The van der Waals surface area contributed by atoms with Crippen LogP contribution in [0.15, 0.2) is 42.5 Å². The van der Waals surface area contributed by atoms with Crippen LogP contribution in [0.3, 0.4) is 0 Å². The summed E-state index contributed by atoms with van der Waals surface area (Å²) in [4.78, 5) is 15.0. The molecule has 4 atom stereocenters. The molecule has 1 saturated carbocycles. The van der Waals surface area contributed by atoms with Crippen molar-refractivity contribution >= 4 is 5.91 Å². The van der Waals surface area contributed by atoms with E-state index in [-0.39, 0.29) is 5.91 Å². The van der Waals surface area contributed by atoms with Crippen LogP contribution in [0.4, 0.5) is 0 Å². The van der Waals surface area contributed by atoms with Gasteiger partial charge in [-0.15, -0.1) is 0 Å². The SMILES string of the molecule is O=C(c1ccc2c(c1)Oc1ccccc1C1C2C12CC1CCC(C2)N1)N1CCCC1. The number of nitrogens with one attached hydrogen (secondary N) is 1. The molecule has 4 aliphatic heterocycles. The fourth-order valence-electron chi connectivity index (χ4n) is 7.27. The monoisotopic (exact) mass is 400 g/mol. The van der Waals surface area contributed by atoms with E-state index in [1.165, 1.54) is 36.8 Å². The topological polar surface area (TPSA) is 41.6 Å². The molecule has 5 aliphatic rings. The molecule has 4 unspecified atom stereocenters. The lowest BCUT2D eigenvalue weighted by Crippen LogP contribution is -2.40. The molecule has 0 aromatic heterocycles. The van der Waals surface area contributed by atoms with Gasteiger partial charge < -0.3 is 15.0 Å². The molecule has 4 nitrogen and oxygen atoms in total. The molecule has 30 heavy (non-hydrogen) atoms. The van der Waals surface area contributed by atoms with Gasteiger partial charge in [0.1, 0.15) is 11.5 Å². The molecular weight excluding hydrogens is 372 g/mol. The Kier molecular flexibility index (Phi) is 3.53. The fourth-order valence-corrected chi connectivity index (χ4v) is 7.27. The molecule has 4 fully saturated rings. The number of rotatable bonds is 1. The number of amides is 1. The van der Waals surface area contributed by atoms with Crippen LogP contribution in [-0.4, -0.2) is 36.0 Å². The summed E-state index contributed by atoms with van der Waals surface area (Å²) in [5.41, 5.74) is 3.81. The number of nitrogens with zero attached hydrogens (tertiary/aromatic N) is 1. The van der Waals surface area contributed by atoms with Crippen molar-refractivity contribution in [2.24, 2.45) is 5.41 Å². The summed E-state index contributed by atoms with van der Waals surface area (Å²) in [6.45, 7) is 1.76. The lowest BCUT2D eigenvalue weighted by molar-refractivity contribution is 0.0792. The van der Waals surface area contributed by atoms with Gasteiger partial charge >= 0.3 is 0 Å². The van der Waals surface area contributed by atoms with Crippen molar-refractivity contribution in [2.75, 3.05) is 13.1 Å². The van der Waals surface area contributed by atoms with Crippen LogP contribution in [0.1, 0.15) is 71.8 Å². The number of fused-ring (bicyclic) bond motifs is 9. The molecule has 7 rings (SSSR count). The number of benzene rings is 2. The van der Waals surface area contributed by atoms with E-state index in [4.69, 9.17) is 4.74 Å². The standard InChI is InChI=1S/C26H28N2O2/c29-25(28-11-3-4-12-28)16-7-10-20-22(13-16)30-21-6-2-1-5-19(21)23-24(20)26(23)14-17-8-9-18(15-26)27-17/h1-2,5-7,10,13,17-18,23-24,27H,3-4,8-9,11-12,14-15H2. The van der Waals surface area contributed by atoms with Crippen molar-refractivity contribution in [2.45, 2.75) is 62.4 Å². The maximum atomic E-state index is 13.0. The van der Waals surface area contributed by atoms with Crippen molar-refractivity contribution in [3.63, 3.8) is 0 Å². The number of piperidine rings is 1. The van der Waals surface area contributed by atoms with Gasteiger partial charge in [-0.1, -0.05) is 24.3 Å². The average Bonchev–Trinajstić information content (AvgIpc) is 3.08. The molecule has 2 aromatic rings. The van der Waals surface area contributed by atoms with Crippen LogP contribution in [0.5, 0.6) is 11.5 Å². The van der Waals surface area contributed by atoms with Gasteiger partial charge in [0.15, 0.2) is 0 Å². The normalized spacial score (nSPS) is 35.3. The molecule has 2 bridgehead atoms. The lowest BCUT2D eigenvalue weighted by Gasteiger charge is -2.32. The van der Waals surface area contributed by atoms with Gasteiger partial charge in [-0.3, -0.25) is 4.79 Å². The van der Waals surface area contributed by atoms with E-state index in [2.05, 4.69) is 41.7 Å². The highest BCUT2D eigenvalue weighted by atomic mass is 16.5. The largest absolute Gasteiger partial charge is 0.457 e. The van der Waals surface area contributed by atoms with Gasteiger partial charge in [0, 0.05) is 42.6 Å². The number of likely N-dealkylation sites (tertiary alicyclic amines) is 1. The average molecular weight is 401 g/mol. The Hall–Kier alpha value is -2.33. The number of carbonyl (C=O) groups is 1. The van der Waals surface area contributed by atoms with Gasteiger partial charge in [0.05, 0.1) is 0 Å². The molecule has 1 spiro atoms. The molecule has 4 heterocycles. The van der Waals surface area contributed by atoms with E-state index >= 15 is 0 Å². The highest BCUT2D eigenvalue weighted by Gasteiger charge is 2.69. The quantitative estimate of drug-likeness (QED) is 0.747. The molecule has 4 heteroatoms. The zero-order chi connectivity index (χ0) is 19.9. The number of para-hydroxylation sites is 1. The van der Waals surface area contributed by atoms with E-state index < -0.39 is 0 Å². The van der Waals surface area contributed by atoms with Crippen molar-refractivity contribution in [1.82, 2.24) is 10.2 Å². The minimum Gasteiger partial charge on any atom is -0.457 e. The fraction of sp³-hybridized carbons (Fsp3) is 0.500. The molecule has 2 aromatic carbocycles. The van der Waals surface area contributed by atoms with Gasteiger partial charge in [0.25, 0.3) is 5.91 Å². The highest BCUT2D eigenvalue weighted by Crippen LogP contribution is 2.78. The first kappa shape index (κ1) is 17.4. The Morgan fingerprint density at radius 1 is 0.933 bits per heavy atom. The highest BCUT2D eigenvalue weighted by molar-refractivity contribution is 5.95. The van der Waals surface area contributed by atoms with Crippen LogP contribution in [0.2, 0.25) is 0 Å². The van der Waals surface area contributed by atoms with E-state index in [9.17, 15) is 4.79 Å². The van der Waals surface area contributed by atoms with Crippen molar-refractivity contribution < 1.29 is 9.53 Å². The Bertz CT molecular complexity index is 1030. The van der Waals surface area contributed by atoms with Gasteiger partial charge in [-0.05, 0) is 73.3 Å². The predicted molar refractivity (Wildman–Crippen MR) is 115 cm³/mol. The Morgan fingerprint density at radius 2 is 1.63 bits per heavy atom. The molecule has 1 aliphatic carbocycles. The van der Waals surface area contributed by atoms with Crippen molar-refractivity contribution in [3.8, 4) is 11.5 Å². The summed E-state index contributed by atoms with van der Waals surface area (Å²) in [5.74, 6) is 3.10. The first-order valence-electron chi connectivity index (χ1n) is 11.7. The Balaban J connectivity index is 1.33. The molecule has 3 saturated heterocycles. The summed E-state index contributed by atoms with van der Waals surface area (Å²) in [6.07, 6.45) is 7.40. The van der Waals surface area contributed by atoms with Crippen LogP contribution in [0, 0.1) is 5.41 Å². The minimum atomic E-state index is 0.151. The van der Waals surface area contributed by atoms with Crippen LogP contribution < -0.4 is 10.1 Å². The van der Waals surface area contributed by atoms with Crippen LogP contribution in [0.25, 0.3) is 0 Å². The maximum Gasteiger partial charge on any atom is 0.253 e. The summed E-state index contributed by atoms with van der Waals surface area (Å²) in [5, 5.41) is 3.83. The third-order valence-corrected chi connectivity index (χ3v) is 8.51. The second-order valence-corrected chi connectivity index (χ2v) is 10.1. The Labute approximate surface area is 177 Å². The number of hydrogen-bond acceptors (Lipinski definition) is 3. The van der Waals surface area contributed by atoms with E-state index in [0.717, 1.165) is 43.0 Å². The first-order chi connectivity index (χ1) is 14.7. The van der Waals surface area contributed by atoms with E-state index in [1.807, 2.05) is 11.0 Å². The summed E-state index contributed by atoms with van der Waals surface area (Å²) < 4.78 is 6.47. The van der Waals surface area contributed by atoms with E-state index in [0.29, 0.717) is 29.3 Å². The van der Waals surface area contributed by atoms with Gasteiger partial charge in [-0.2, -0.15) is 0 Å². The maximum absolute atomic E-state index is 13.0. The summed E-state index contributed by atoms with van der Waals surface area (Å²) >= 11 is 0. The summed E-state index contributed by atoms with van der Waals surface area (Å²) in [7, 11) is 0. The summed E-state index contributed by atoms with van der Waals surface area (Å²) in [6, 6.07) is 16.2. The second kappa shape index (κ2) is 6.10. The molecule has 1 N–H and O–H groups in total. The molecule has 154 valence electrons. The minimum absolute atomic E-state index is 0.151. The van der Waals surface area contributed by atoms with E-state index in [1.54, 1.807) is 0 Å². The third-order valence-electron chi connectivity index (χ3n) is 8.51. The third kappa shape index (κ3) is 2.34. The van der Waals surface area contributed by atoms with Crippen molar-refractivity contribution in [1.29, 1.82) is 0 Å². The number of carbonyl (C=O) groups excluding carboxylic acids is 1. The zero-order valence-electron chi connectivity index (χ0n) is 17.3. The van der Waals surface area contributed by atoms with Gasteiger partial charge in [-0.25, -0.2) is 0 Å². The smallest absolute Gasteiger partial charge is 0.253 e. The molecule has 1 amide bonds. The zero-order valence-corrected chi connectivity index (χ0v) is 17.3.